The maximum Gasteiger partial charge on any atom is 0.411 e. The Morgan fingerprint density at radius 2 is 2.20 bits per heavy atom. The van der Waals surface area contributed by atoms with Crippen molar-refractivity contribution in [2.45, 2.75) is 23.7 Å². The van der Waals surface area contributed by atoms with Gasteiger partial charge >= 0.3 is 5.97 Å². The minimum atomic E-state index is -1.42. The Morgan fingerprint density at radius 1 is 1.35 bits per heavy atom. The van der Waals surface area contributed by atoms with E-state index in [1.54, 1.807) is 18.2 Å². The summed E-state index contributed by atoms with van der Waals surface area (Å²) in [5.74, 6) is -1.65. The Bertz CT molecular complexity index is 676. The summed E-state index contributed by atoms with van der Waals surface area (Å²) in [7, 11) is 0. The highest BCUT2D eigenvalue weighted by Crippen LogP contribution is 2.54. The maximum absolute atomic E-state index is 13.9. The molecule has 0 saturated carbocycles. The van der Waals surface area contributed by atoms with Crippen molar-refractivity contribution in [2.75, 3.05) is 0 Å². The second-order valence-corrected chi connectivity index (χ2v) is 5.78. The summed E-state index contributed by atoms with van der Waals surface area (Å²) in [4.78, 5) is 22.5. The Labute approximate surface area is 118 Å². The van der Waals surface area contributed by atoms with Crippen LogP contribution in [0.15, 0.2) is 45.7 Å². The summed E-state index contributed by atoms with van der Waals surface area (Å²) >= 11 is 1.42. The third-order valence-electron chi connectivity index (χ3n) is 3.34. The average molecular weight is 292 g/mol. The van der Waals surface area contributed by atoms with Crippen molar-refractivity contribution in [3.05, 3.63) is 51.9 Å². The number of fused-ring (bicyclic) bond motifs is 2. The van der Waals surface area contributed by atoms with Crippen LogP contribution in [0.25, 0.3) is 0 Å². The summed E-state index contributed by atoms with van der Waals surface area (Å²) < 4.78 is 19.5. The summed E-state index contributed by atoms with van der Waals surface area (Å²) in [6, 6.07) is 5.14. The van der Waals surface area contributed by atoms with Gasteiger partial charge in [0.1, 0.15) is 6.29 Å². The zero-order valence-electron chi connectivity index (χ0n) is 10.2. The zero-order valence-corrected chi connectivity index (χ0v) is 11.0. The second-order valence-electron chi connectivity index (χ2n) is 4.64. The molecule has 1 fully saturated rings. The van der Waals surface area contributed by atoms with E-state index in [1.165, 1.54) is 17.8 Å². The minimum absolute atomic E-state index is 0.169. The summed E-state index contributed by atoms with van der Waals surface area (Å²) in [6.07, 6.45) is 3.57. The van der Waals surface area contributed by atoms with Crippen molar-refractivity contribution in [1.82, 2.24) is 0 Å². The fourth-order valence-corrected chi connectivity index (χ4v) is 3.45. The van der Waals surface area contributed by atoms with E-state index in [-0.39, 0.29) is 5.76 Å². The average Bonchev–Trinajstić information content (AvgIpc) is 3.25. The first-order valence-electron chi connectivity index (χ1n) is 6.14. The number of carbonyl (C=O) groups is 1. The number of carbonyl (C=O) groups excluding carboxylic acids is 1. The van der Waals surface area contributed by atoms with Crippen LogP contribution in [0.5, 0.6) is 0 Å². The van der Waals surface area contributed by atoms with Crippen LogP contribution in [0.3, 0.4) is 0 Å². The summed E-state index contributed by atoms with van der Waals surface area (Å²) in [6.45, 7) is 0. The molecule has 1 aliphatic carbocycles. The molecule has 2 heterocycles. The molecule has 0 aromatic heterocycles. The van der Waals surface area contributed by atoms with Gasteiger partial charge in [0.15, 0.2) is 11.6 Å². The number of benzene rings is 1. The number of thioether (sulfide) groups is 1. The molecule has 0 atom stereocenters. The van der Waals surface area contributed by atoms with Gasteiger partial charge in [-0.25, -0.2) is 4.39 Å². The highest BCUT2D eigenvalue weighted by Gasteiger charge is 2.58. The molecule has 20 heavy (non-hydrogen) atoms. The lowest BCUT2D eigenvalue weighted by molar-refractivity contribution is -0.0150. The van der Waals surface area contributed by atoms with Crippen molar-refractivity contribution in [3.8, 4) is 0 Å². The van der Waals surface area contributed by atoms with E-state index >= 15 is 0 Å². The van der Waals surface area contributed by atoms with E-state index in [2.05, 4.69) is 0 Å². The molecule has 2 aliphatic heterocycles. The number of halogens is 1. The third kappa shape index (κ3) is 1.72. The highest BCUT2D eigenvalue weighted by molar-refractivity contribution is 8.03. The van der Waals surface area contributed by atoms with E-state index in [9.17, 15) is 9.18 Å². The lowest BCUT2D eigenvalue weighted by Gasteiger charge is -2.15. The van der Waals surface area contributed by atoms with Crippen molar-refractivity contribution in [1.29, 1.82) is 0 Å². The lowest BCUT2D eigenvalue weighted by Crippen LogP contribution is -2.14. The maximum atomic E-state index is 13.9. The van der Waals surface area contributed by atoms with E-state index in [0.717, 1.165) is 16.1 Å². The predicted molar refractivity (Wildman–Crippen MR) is 68.1 cm³/mol. The molecule has 6 heteroatoms. The Kier molecular flexibility index (Phi) is 2.54. The van der Waals surface area contributed by atoms with Gasteiger partial charge in [0.05, 0.1) is 5.56 Å². The minimum Gasteiger partial charge on any atom is -0.428 e. The number of ether oxygens (including phenoxy) is 1. The molecule has 1 aromatic carbocycles. The molecule has 4 rings (SSSR count). The van der Waals surface area contributed by atoms with Gasteiger partial charge in [-0.1, -0.05) is 17.8 Å². The molecule has 1 spiro atoms. The van der Waals surface area contributed by atoms with Crippen molar-refractivity contribution >= 4 is 18.0 Å². The van der Waals surface area contributed by atoms with E-state index in [0.29, 0.717) is 24.0 Å². The van der Waals surface area contributed by atoms with Gasteiger partial charge in [0.25, 0.3) is 0 Å². The second kappa shape index (κ2) is 4.18. The molecule has 1 aromatic rings. The Morgan fingerprint density at radius 3 is 2.95 bits per heavy atom. The fourth-order valence-electron chi connectivity index (χ4n) is 2.31. The number of hydrogen-bond acceptors (Lipinski definition) is 5. The van der Waals surface area contributed by atoms with Gasteiger partial charge in [0, 0.05) is 15.4 Å². The number of aldehydes is 1. The van der Waals surface area contributed by atoms with Gasteiger partial charge in [-0.3, -0.25) is 4.79 Å². The van der Waals surface area contributed by atoms with Gasteiger partial charge in [-0.15, -0.1) is 9.78 Å². The zero-order chi connectivity index (χ0) is 13.7. The quantitative estimate of drug-likeness (QED) is 0.450. The monoisotopic (exact) mass is 292 g/mol. The van der Waals surface area contributed by atoms with E-state index in [1.807, 2.05) is 0 Å². The molecule has 0 radical (unpaired) electrons. The molecule has 0 bridgehead atoms. The molecule has 4 nitrogen and oxygen atoms in total. The van der Waals surface area contributed by atoms with Crippen molar-refractivity contribution < 1.29 is 23.7 Å². The molecule has 0 N–H and O–H groups in total. The van der Waals surface area contributed by atoms with Crippen LogP contribution in [0.1, 0.15) is 28.8 Å². The summed E-state index contributed by atoms with van der Waals surface area (Å²) in [5, 5.41) is 0. The lowest BCUT2D eigenvalue weighted by atomic mass is 10.1. The van der Waals surface area contributed by atoms with Gasteiger partial charge < -0.3 is 4.74 Å². The number of allylic oxidation sites excluding steroid dienone is 3. The standard InChI is InChI=1S/C14H9FO4S/c15-10-2-1-3-12-13(10)17-14(18-19-14)9-6-8(7-16)4-5-11(9)20-12/h2,4-7H,1,3H2. The van der Waals surface area contributed by atoms with Crippen LogP contribution in [-0.2, 0) is 20.5 Å². The van der Waals surface area contributed by atoms with Crippen LogP contribution in [0, 0.1) is 0 Å². The number of hydrogen-bond donors (Lipinski definition) is 0. The van der Waals surface area contributed by atoms with Gasteiger partial charge in [-0.05, 0) is 31.1 Å². The Balaban J connectivity index is 1.86. The van der Waals surface area contributed by atoms with Crippen LogP contribution in [0.4, 0.5) is 4.39 Å². The normalized spacial score (nSPS) is 22.4. The Hall–Kier alpha value is -1.63. The van der Waals surface area contributed by atoms with Gasteiger partial charge in [-0.2, -0.15) is 0 Å². The number of rotatable bonds is 1. The summed E-state index contributed by atoms with van der Waals surface area (Å²) in [5.41, 5.74) is 1.08. The van der Waals surface area contributed by atoms with Crippen LogP contribution >= 0.6 is 11.8 Å². The first-order valence-corrected chi connectivity index (χ1v) is 6.96. The topological polar surface area (TPSA) is 51.4 Å². The first-order chi connectivity index (χ1) is 9.72. The molecule has 1 saturated heterocycles. The van der Waals surface area contributed by atoms with Gasteiger partial charge in [0.2, 0.25) is 0 Å². The molecule has 102 valence electrons. The fraction of sp³-hybridized carbons (Fsp3) is 0.214. The van der Waals surface area contributed by atoms with Crippen molar-refractivity contribution in [2.24, 2.45) is 0 Å². The SMILES string of the molecule is O=Cc1ccc2c(c1)C1(OO1)OC1=C(CCC=C1F)S2. The highest BCUT2D eigenvalue weighted by atomic mass is 32.2. The largest absolute Gasteiger partial charge is 0.428 e. The smallest absolute Gasteiger partial charge is 0.411 e. The molecular formula is C14H9FO4S. The van der Waals surface area contributed by atoms with E-state index < -0.39 is 11.8 Å². The molecule has 0 amide bonds. The first kappa shape index (κ1) is 12.1. The predicted octanol–water partition coefficient (Wildman–Crippen LogP) is 3.55. The molecule has 3 aliphatic rings. The molecular weight excluding hydrogens is 283 g/mol. The van der Waals surface area contributed by atoms with Crippen molar-refractivity contribution in [3.63, 3.8) is 0 Å². The van der Waals surface area contributed by atoms with Crippen LogP contribution < -0.4 is 0 Å². The third-order valence-corrected chi connectivity index (χ3v) is 4.55. The van der Waals surface area contributed by atoms with Crippen LogP contribution in [0.2, 0.25) is 0 Å². The van der Waals surface area contributed by atoms with E-state index in [4.69, 9.17) is 14.5 Å². The molecule has 0 unspecified atom stereocenters. The van der Waals surface area contributed by atoms with Crippen LogP contribution in [-0.4, -0.2) is 6.29 Å².